The van der Waals surface area contributed by atoms with E-state index in [0.717, 1.165) is 6.61 Å². The molecule has 0 fully saturated rings. The second-order valence-corrected chi connectivity index (χ2v) is 3.40. The zero-order valence-corrected chi connectivity index (χ0v) is 12.8. The highest BCUT2D eigenvalue weighted by Gasteiger charge is 1.86. The molecule has 0 aliphatic carbocycles. The van der Waals surface area contributed by atoms with Crippen LogP contribution in [0.2, 0.25) is 0 Å². The number of hydrogen-bond acceptors (Lipinski definition) is 6. The van der Waals surface area contributed by atoms with Crippen LogP contribution in [0.3, 0.4) is 0 Å². The topological polar surface area (TPSA) is 55.4 Å². The Morgan fingerprint density at radius 2 is 0.789 bits per heavy atom. The molecule has 0 unspecified atom stereocenters. The first-order valence-electron chi connectivity index (χ1n) is 6.53. The van der Waals surface area contributed by atoms with E-state index in [9.17, 15) is 0 Å². The molecule has 0 aromatic heterocycles. The van der Waals surface area contributed by atoms with Gasteiger partial charge in [-0.25, -0.2) is 0 Å². The Morgan fingerprint density at radius 3 is 1.11 bits per heavy atom. The molecule has 0 aliphatic heterocycles. The highest BCUT2D eigenvalue weighted by Crippen LogP contribution is 1.78. The molecule has 0 amide bonds. The maximum absolute atomic E-state index is 5.13. The van der Waals surface area contributed by atoms with E-state index in [-0.39, 0.29) is 0 Å². The summed E-state index contributed by atoms with van der Waals surface area (Å²) in [5, 5.41) is 0. The van der Waals surface area contributed by atoms with Crippen molar-refractivity contribution in [2.24, 2.45) is 0 Å². The fraction of sp³-hybridized carbons (Fsp3) is 1.00. The summed E-state index contributed by atoms with van der Waals surface area (Å²) in [6.45, 7) is 8.00. The summed E-state index contributed by atoms with van der Waals surface area (Å²) >= 11 is 0. The summed E-state index contributed by atoms with van der Waals surface area (Å²) in [4.78, 5) is 0. The van der Waals surface area contributed by atoms with Crippen LogP contribution in [0, 0.1) is 0 Å². The second-order valence-electron chi connectivity index (χ2n) is 3.40. The average Bonchev–Trinajstić information content (AvgIpc) is 2.43. The van der Waals surface area contributed by atoms with E-state index in [1.165, 1.54) is 0 Å². The van der Waals surface area contributed by atoms with E-state index in [4.69, 9.17) is 28.4 Å². The monoisotopic (exact) mass is 282 g/mol. The third kappa shape index (κ3) is 27.1. The molecule has 0 bridgehead atoms. The first kappa shape index (κ1) is 21.1. The van der Waals surface area contributed by atoms with Crippen LogP contribution in [-0.2, 0) is 28.4 Å². The number of hydrogen-bond donors (Lipinski definition) is 0. The first-order chi connectivity index (χ1) is 9.33. The molecule has 0 aromatic rings. The predicted molar refractivity (Wildman–Crippen MR) is 73.8 cm³/mol. The molecule has 6 heteroatoms. The van der Waals surface area contributed by atoms with Crippen molar-refractivity contribution in [3.63, 3.8) is 0 Å². The van der Waals surface area contributed by atoms with E-state index >= 15 is 0 Å². The van der Waals surface area contributed by atoms with E-state index in [1.54, 1.807) is 21.3 Å². The van der Waals surface area contributed by atoms with Crippen molar-refractivity contribution < 1.29 is 28.4 Å². The number of methoxy groups -OCH3 is 3. The van der Waals surface area contributed by atoms with Gasteiger partial charge in [-0.1, -0.05) is 0 Å². The fourth-order valence-electron chi connectivity index (χ4n) is 0.893. The predicted octanol–water partition coefficient (Wildman–Crippen LogP) is 0.982. The molecule has 0 saturated heterocycles. The molecule has 0 aromatic carbocycles. The summed E-state index contributed by atoms with van der Waals surface area (Å²) < 4.78 is 29.5. The lowest BCUT2D eigenvalue weighted by atomic mass is 10.7. The molecule has 0 saturated carbocycles. The zero-order valence-electron chi connectivity index (χ0n) is 12.8. The maximum atomic E-state index is 5.13. The number of ether oxygens (including phenoxy) is 6. The third-order valence-electron chi connectivity index (χ3n) is 1.87. The van der Waals surface area contributed by atoms with Crippen LogP contribution in [0.4, 0.5) is 0 Å². The molecule has 0 spiro atoms. The minimum absolute atomic E-state index is 0.653. The van der Waals surface area contributed by atoms with Crippen LogP contribution in [-0.4, -0.2) is 80.8 Å². The van der Waals surface area contributed by atoms with Crippen molar-refractivity contribution in [1.82, 2.24) is 0 Å². The van der Waals surface area contributed by atoms with Crippen LogP contribution in [0.1, 0.15) is 6.92 Å². The first-order valence-corrected chi connectivity index (χ1v) is 6.53. The van der Waals surface area contributed by atoms with Gasteiger partial charge in [-0.2, -0.15) is 0 Å². The highest BCUT2D eigenvalue weighted by molar-refractivity contribution is 4.29. The van der Waals surface area contributed by atoms with Crippen LogP contribution < -0.4 is 0 Å². The lowest BCUT2D eigenvalue weighted by Crippen LogP contribution is -2.07. The Hall–Kier alpha value is -0.240. The third-order valence-corrected chi connectivity index (χ3v) is 1.87. The second kappa shape index (κ2) is 22.9. The van der Waals surface area contributed by atoms with Crippen LogP contribution in [0.25, 0.3) is 0 Å². The van der Waals surface area contributed by atoms with Gasteiger partial charge in [-0.3, -0.25) is 0 Å². The van der Waals surface area contributed by atoms with Gasteiger partial charge in [0.05, 0.1) is 52.9 Å². The van der Waals surface area contributed by atoms with Crippen molar-refractivity contribution in [1.29, 1.82) is 0 Å². The van der Waals surface area contributed by atoms with Crippen LogP contribution >= 0.6 is 0 Å². The molecule has 0 radical (unpaired) electrons. The maximum Gasteiger partial charge on any atom is 0.0701 e. The molecule has 0 atom stereocenters. The Bertz CT molecular complexity index is 120. The van der Waals surface area contributed by atoms with E-state index in [1.807, 2.05) is 6.92 Å². The van der Waals surface area contributed by atoms with Gasteiger partial charge >= 0.3 is 0 Å². The van der Waals surface area contributed by atoms with Crippen molar-refractivity contribution >= 4 is 0 Å². The minimum Gasteiger partial charge on any atom is -0.382 e. The van der Waals surface area contributed by atoms with Gasteiger partial charge in [0, 0.05) is 27.9 Å². The molecule has 0 rings (SSSR count). The van der Waals surface area contributed by atoms with Crippen molar-refractivity contribution in [3.05, 3.63) is 0 Å². The highest BCUT2D eigenvalue weighted by atomic mass is 16.5. The largest absolute Gasteiger partial charge is 0.382 e. The number of rotatable bonds is 13. The molecular weight excluding hydrogens is 252 g/mol. The summed E-state index contributed by atoms with van der Waals surface area (Å²) in [7, 11) is 4.96. The molecule has 118 valence electrons. The molecule has 6 nitrogen and oxygen atoms in total. The smallest absolute Gasteiger partial charge is 0.0701 e. The summed E-state index contributed by atoms with van der Waals surface area (Å²) in [5.74, 6) is 0. The fourth-order valence-corrected chi connectivity index (χ4v) is 0.893. The van der Waals surface area contributed by atoms with Gasteiger partial charge in [-0.15, -0.1) is 0 Å². The van der Waals surface area contributed by atoms with Crippen molar-refractivity contribution in [2.45, 2.75) is 6.92 Å². The summed E-state index contributed by atoms with van der Waals surface area (Å²) in [6.07, 6.45) is 0. The molecule has 0 heterocycles. The van der Waals surface area contributed by atoms with Gasteiger partial charge < -0.3 is 28.4 Å². The van der Waals surface area contributed by atoms with Gasteiger partial charge in [0.2, 0.25) is 0 Å². The Balaban J connectivity index is 0. The molecular formula is C13H30O6. The molecule has 0 N–H and O–H groups in total. The summed E-state index contributed by atoms with van der Waals surface area (Å²) in [5.41, 5.74) is 0. The zero-order chi connectivity index (χ0) is 14.6. The van der Waals surface area contributed by atoms with Crippen LogP contribution in [0.15, 0.2) is 0 Å². The standard InChI is InChI=1S/C7H16O3.C6H14O3/c1-3-9-6-7-10-5-4-8-2;1-7-3-5-9-6-4-8-2/h3-7H2,1-2H3;3-6H2,1-2H3. The molecule has 0 aliphatic rings. The van der Waals surface area contributed by atoms with E-state index in [0.29, 0.717) is 52.9 Å². The Kier molecular flexibility index (Phi) is 25.4. The van der Waals surface area contributed by atoms with Gasteiger partial charge in [-0.05, 0) is 6.92 Å². The average molecular weight is 282 g/mol. The van der Waals surface area contributed by atoms with Crippen LogP contribution in [0.5, 0.6) is 0 Å². The lowest BCUT2D eigenvalue weighted by Gasteiger charge is -2.02. The van der Waals surface area contributed by atoms with Gasteiger partial charge in [0.15, 0.2) is 0 Å². The Labute approximate surface area is 117 Å². The van der Waals surface area contributed by atoms with E-state index < -0.39 is 0 Å². The summed E-state index contributed by atoms with van der Waals surface area (Å²) in [6, 6.07) is 0. The molecule has 19 heavy (non-hydrogen) atoms. The lowest BCUT2D eigenvalue weighted by molar-refractivity contribution is 0.0280. The SMILES string of the molecule is CCOCCOCCOC.COCCOCCOC. The van der Waals surface area contributed by atoms with Gasteiger partial charge in [0.25, 0.3) is 0 Å². The van der Waals surface area contributed by atoms with Gasteiger partial charge in [0.1, 0.15) is 0 Å². The van der Waals surface area contributed by atoms with Crippen molar-refractivity contribution in [3.8, 4) is 0 Å². The van der Waals surface area contributed by atoms with E-state index in [2.05, 4.69) is 0 Å². The minimum atomic E-state index is 0.653. The quantitative estimate of drug-likeness (QED) is 0.469. The Morgan fingerprint density at radius 1 is 0.474 bits per heavy atom. The van der Waals surface area contributed by atoms with Crippen molar-refractivity contribution in [2.75, 3.05) is 80.8 Å². The normalized spacial score (nSPS) is 10.1.